The number of hydrogen-bond acceptors (Lipinski definition) is 4. The molecule has 0 atom stereocenters. The maximum absolute atomic E-state index is 12.8. The third-order valence-electron chi connectivity index (χ3n) is 5.33. The minimum absolute atomic E-state index is 0.165. The van der Waals surface area contributed by atoms with Gasteiger partial charge in [-0.3, -0.25) is 13.9 Å². The summed E-state index contributed by atoms with van der Waals surface area (Å²) in [5, 5.41) is 5.85. The summed E-state index contributed by atoms with van der Waals surface area (Å²) in [6.45, 7) is 0. The lowest BCUT2D eigenvalue weighted by atomic mass is 9.95. The largest absolute Gasteiger partial charge is 0.349 e. The molecule has 0 aliphatic heterocycles. The summed E-state index contributed by atoms with van der Waals surface area (Å²) in [6.07, 6.45) is 6.47. The Morgan fingerprint density at radius 1 is 0.967 bits per heavy atom. The molecular weight excluding hydrogens is 402 g/mol. The summed E-state index contributed by atoms with van der Waals surface area (Å²) in [5.41, 5.74) is 1.50. The van der Waals surface area contributed by atoms with Crippen LogP contribution in [0, 0.1) is 0 Å². The number of nitrogens with zero attached hydrogens (tertiary/aromatic N) is 1. The van der Waals surface area contributed by atoms with E-state index in [0.717, 1.165) is 36.2 Å². The van der Waals surface area contributed by atoms with Gasteiger partial charge in [-0.2, -0.15) is 0 Å². The molecule has 0 saturated heterocycles. The summed E-state index contributed by atoms with van der Waals surface area (Å²) in [7, 11) is -2.01. The molecule has 8 heteroatoms. The van der Waals surface area contributed by atoms with Gasteiger partial charge in [-0.05, 0) is 43.2 Å². The van der Waals surface area contributed by atoms with Crippen LogP contribution in [0.1, 0.15) is 52.8 Å². The van der Waals surface area contributed by atoms with E-state index >= 15 is 0 Å². The predicted molar refractivity (Wildman–Crippen MR) is 118 cm³/mol. The number of nitrogens with one attached hydrogen (secondary N) is 2. The Kier molecular flexibility index (Phi) is 6.77. The third kappa shape index (κ3) is 5.38. The Labute approximate surface area is 177 Å². The first-order valence-corrected chi connectivity index (χ1v) is 11.9. The van der Waals surface area contributed by atoms with E-state index in [9.17, 15) is 18.0 Å². The number of benzene rings is 2. The number of carbonyl (C=O) groups excluding carboxylic acids is 2. The van der Waals surface area contributed by atoms with Crippen molar-refractivity contribution in [1.29, 1.82) is 0 Å². The van der Waals surface area contributed by atoms with Crippen LogP contribution in [-0.4, -0.2) is 39.6 Å². The smallest absolute Gasteiger partial charge is 0.255 e. The van der Waals surface area contributed by atoms with Crippen molar-refractivity contribution >= 4 is 33.2 Å². The van der Waals surface area contributed by atoms with Crippen molar-refractivity contribution in [3.8, 4) is 0 Å². The van der Waals surface area contributed by atoms with Gasteiger partial charge in [0.25, 0.3) is 11.8 Å². The molecule has 0 bridgehead atoms. The van der Waals surface area contributed by atoms with Crippen molar-refractivity contribution < 1.29 is 18.0 Å². The number of sulfonamides is 1. The monoisotopic (exact) mass is 429 g/mol. The number of anilines is 2. The maximum atomic E-state index is 12.8. The third-order valence-corrected chi connectivity index (χ3v) is 6.54. The Morgan fingerprint density at radius 3 is 2.37 bits per heavy atom. The lowest BCUT2D eigenvalue weighted by molar-refractivity contribution is 0.0928. The highest BCUT2D eigenvalue weighted by Crippen LogP contribution is 2.22. The van der Waals surface area contributed by atoms with E-state index in [1.165, 1.54) is 19.5 Å². The molecule has 2 amide bonds. The highest BCUT2D eigenvalue weighted by molar-refractivity contribution is 7.92. The predicted octanol–water partition coefficient (Wildman–Crippen LogP) is 3.40. The van der Waals surface area contributed by atoms with Crippen molar-refractivity contribution in [2.75, 3.05) is 22.9 Å². The average Bonchev–Trinajstić information content (AvgIpc) is 2.73. The number of rotatable bonds is 6. The van der Waals surface area contributed by atoms with Gasteiger partial charge in [0.15, 0.2) is 0 Å². The fraction of sp³-hybridized carbons (Fsp3) is 0.364. The molecule has 7 nitrogen and oxygen atoms in total. The van der Waals surface area contributed by atoms with Crippen LogP contribution in [0.2, 0.25) is 0 Å². The fourth-order valence-corrected chi connectivity index (χ4v) is 4.03. The van der Waals surface area contributed by atoms with Gasteiger partial charge in [-0.1, -0.05) is 37.5 Å². The molecule has 0 aromatic heterocycles. The fourth-order valence-electron chi connectivity index (χ4n) is 3.53. The van der Waals surface area contributed by atoms with E-state index in [1.807, 2.05) is 0 Å². The van der Waals surface area contributed by atoms with Crippen molar-refractivity contribution in [3.63, 3.8) is 0 Å². The van der Waals surface area contributed by atoms with Crippen LogP contribution in [0.4, 0.5) is 11.4 Å². The second-order valence-corrected chi connectivity index (χ2v) is 9.60. The summed E-state index contributed by atoms with van der Waals surface area (Å²) in [6, 6.07) is 13.4. The average molecular weight is 430 g/mol. The summed E-state index contributed by atoms with van der Waals surface area (Å²) in [5.74, 6) is -0.625. The first-order chi connectivity index (χ1) is 14.3. The highest BCUT2D eigenvalue weighted by atomic mass is 32.2. The van der Waals surface area contributed by atoms with E-state index in [2.05, 4.69) is 10.6 Å². The number of carbonyl (C=O) groups is 2. The minimum atomic E-state index is -3.44. The zero-order chi connectivity index (χ0) is 21.7. The van der Waals surface area contributed by atoms with Crippen molar-refractivity contribution in [2.24, 2.45) is 0 Å². The molecule has 2 N–H and O–H groups in total. The lowest BCUT2D eigenvalue weighted by Gasteiger charge is -2.23. The Hall–Kier alpha value is -2.87. The van der Waals surface area contributed by atoms with E-state index in [4.69, 9.17) is 0 Å². The molecule has 0 unspecified atom stereocenters. The standard InChI is InChI=1S/C22H27N3O4S/c1-25(30(2,28)29)18-12-8-9-16(15-18)21(26)24-20-14-7-6-13-19(20)22(27)23-17-10-4-3-5-11-17/h6-9,12-15,17H,3-5,10-11H2,1-2H3,(H,23,27)(H,24,26). The summed E-state index contributed by atoms with van der Waals surface area (Å²) in [4.78, 5) is 25.6. The lowest BCUT2D eigenvalue weighted by Crippen LogP contribution is -2.36. The Bertz CT molecular complexity index is 1030. The van der Waals surface area contributed by atoms with E-state index < -0.39 is 15.9 Å². The maximum Gasteiger partial charge on any atom is 0.255 e. The highest BCUT2D eigenvalue weighted by Gasteiger charge is 2.20. The Balaban J connectivity index is 1.77. The number of amides is 2. The zero-order valence-corrected chi connectivity index (χ0v) is 18.0. The van der Waals surface area contributed by atoms with Crippen LogP contribution in [0.3, 0.4) is 0 Å². The van der Waals surface area contributed by atoms with Crippen LogP contribution in [0.5, 0.6) is 0 Å². The van der Waals surface area contributed by atoms with Gasteiger partial charge in [0.1, 0.15) is 0 Å². The number of para-hydroxylation sites is 1. The van der Waals surface area contributed by atoms with Gasteiger partial charge in [-0.15, -0.1) is 0 Å². The zero-order valence-electron chi connectivity index (χ0n) is 17.2. The first-order valence-electron chi connectivity index (χ1n) is 10.0. The normalized spacial score (nSPS) is 14.7. The molecule has 1 fully saturated rings. The van der Waals surface area contributed by atoms with Gasteiger partial charge in [0.05, 0.1) is 23.2 Å². The molecule has 0 spiro atoms. The Morgan fingerprint density at radius 2 is 1.67 bits per heavy atom. The number of hydrogen-bond donors (Lipinski definition) is 2. The van der Waals surface area contributed by atoms with E-state index in [1.54, 1.807) is 42.5 Å². The van der Waals surface area contributed by atoms with Crippen LogP contribution < -0.4 is 14.9 Å². The molecular formula is C22H27N3O4S. The van der Waals surface area contributed by atoms with Crippen molar-refractivity contribution in [2.45, 2.75) is 38.1 Å². The van der Waals surface area contributed by atoms with Crippen LogP contribution in [0.15, 0.2) is 48.5 Å². The van der Waals surface area contributed by atoms with Gasteiger partial charge in [0.2, 0.25) is 10.0 Å². The molecule has 30 heavy (non-hydrogen) atoms. The quantitative estimate of drug-likeness (QED) is 0.736. The molecule has 0 radical (unpaired) electrons. The second kappa shape index (κ2) is 9.30. The van der Waals surface area contributed by atoms with Gasteiger partial charge in [-0.25, -0.2) is 8.42 Å². The molecule has 0 heterocycles. The molecule has 3 rings (SSSR count). The molecule has 2 aromatic carbocycles. The summed E-state index contributed by atoms with van der Waals surface area (Å²) >= 11 is 0. The SMILES string of the molecule is CN(c1cccc(C(=O)Nc2ccccc2C(=O)NC2CCCCC2)c1)S(C)(=O)=O. The van der Waals surface area contributed by atoms with Crippen molar-refractivity contribution in [1.82, 2.24) is 5.32 Å². The summed E-state index contributed by atoms with van der Waals surface area (Å²) < 4.78 is 24.6. The van der Waals surface area contributed by atoms with Gasteiger partial charge < -0.3 is 10.6 Å². The van der Waals surface area contributed by atoms with Gasteiger partial charge in [0, 0.05) is 18.7 Å². The van der Waals surface area contributed by atoms with Crippen molar-refractivity contribution in [3.05, 3.63) is 59.7 Å². The van der Waals surface area contributed by atoms with Gasteiger partial charge >= 0.3 is 0 Å². The van der Waals surface area contributed by atoms with E-state index in [0.29, 0.717) is 22.5 Å². The molecule has 160 valence electrons. The second-order valence-electron chi connectivity index (χ2n) is 7.59. The van der Waals surface area contributed by atoms with Crippen LogP contribution >= 0.6 is 0 Å². The molecule has 2 aromatic rings. The molecule has 1 aliphatic carbocycles. The van der Waals surface area contributed by atoms with Crippen LogP contribution in [0.25, 0.3) is 0 Å². The molecule has 1 aliphatic rings. The molecule has 1 saturated carbocycles. The first kappa shape index (κ1) is 21.8. The topological polar surface area (TPSA) is 95.6 Å². The van der Waals surface area contributed by atoms with E-state index in [-0.39, 0.29) is 11.9 Å². The van der Waals surface area contributed by atoms with Crippen LogP contribution in [-0.2, 0) is 10.0 Å². The minimum Gasteiger partial charge on any atom is -0.349 e.